The third-order valence-electron chi connectivity index (χ3n) is 4.18. The highest BCUT2D eigenvalue weighted by molar-refractivity contribution is 9.11. The van der Waals surface area contributed by atoms with Gasteiger partial charge in [0.05, 0.1) is 0 Å². The molecule has 0 nitrogen and oxygen atoms in total. The Bertz CT molecular complexity index is 227. The van der Waals surface area contributed by atoms with Crippen molar-refractivity contribution in [3.63, 3.8) is 0 Å². The topological polar surface area (TPSA) is 0 Å². The van der Waals surface area contributed by atoms with Gasteiger partial charge in [0.2, 0.25) is 0 Å². The fraction of sp³-hybridized carbons (Fsp3) is 0.800. The minimum atomic E-state index is 0.442. The number of fused-ring (bicyclic) bond motifs is 2. The number of halogens is 1. The van der Waals surface area contributed by atoms with Crippen molar-refractivity contribution in [2.45, 2.75) is 33.6 Å². The van der Waals surface area contributed by atoms with Gasteiger partial charge in [0.1, 0.15) is 0 Å². The van der Waals surface area contributed by atoms with E-state index in [9.17, 15) is 0 Å². The molecule has 0 N–H and O–H groups in total. The maximum Gasteiger partial charge on any atom is 0.00446 e. The van der Waals surface area contributed by atoms with Crippen LogP contribution in [0.15, 0.2) is 10.6 Å². The Balaban J connectivity index is 2.49. The van der Waals surface area contributed by atoms with Crippen molar-refractivity contribution in [3.05, 3.63) is 10.6 Å². The monoisotopic (exact) mass is 214 g/mol. The molecule has 62 valence electrons. The van der Waals surface area contributed by atoms with Crippen molar-refractivity contribution < 1.29 is 0 Å². The second-order valence-electron chi connectivity index (χ2n) is 4.71. The van der Waals surface area contributed by atoms with E-state index in [-0.39, 0.29) is 0 Å². The van der Waals surface area contributed by atoms with Crippen LogP contribution in [0, 0.1) is 16.7 Å². The van der Waals surface area contributed by atoms with Gasteiger partial charge >= 0.3 is 0 Å². The molecule has 1 saturated carbocycles. The van der Waals surface area contributed by atoms with Crippen LogP contribution in [0.4, 0.5) is 0 Å². The van der Waals surface area contributed by atoms with Gasteiger partial charge in [-0.25, -0.2) is 0 Å². The fourth-order valence-corrected chi connectivity index (χ4v) is 3.64. The Hall–Kier alpha value is 0.220. The van der Waals surface area contributed by atoms with Crippen molar-refractivity contribution in [1.29, 1.82) is 0 Å². The molecule has 0 heterocycles. The van der Waals surface area contributed by atoms with E-state index < -0.39 is 0 Å². The second-order valence-corrected chi connectivity index (χ2v) is 5.57. The van der Waals surface area contributed by atoms with Crippen molar-refractivity contribution in [1.82, 2.24) is 0 Å². The lowest BCUT2D eigenvalue weighted by atomic mass is 9.70. The van der Waals surface area contributed by atoms with Crippen LogP contribution in [0.3, 0.4) is 0 Å². The Morgan fingerprint density at radius 2 is 2.09 bits per heavy atom. The number of hydrogen-bond donors (Lipinski definition) is 0. The maximum atomic E-state index is 3.69. The average Bonchev–Trinajstić information content (AvgIpc) is 2.20. The molecule has 2 atom stereocenters. The molecule has 2 aliphatic rings. The first-order chi connectivity index (χ1) is 4.98. The van der Waals surface area contributed by atoms with E-state index >= 15 is 0 Å². The van der Waals surface area contributed by atoms with Gasteiger partial charge < -0.3 is 0 Å². The third-order valence-corrected chi connectivity index (χ3v) is 5.32. The zero-order valence-corrected chi connectivity index (χ0v) is 9.03. The summed E-state index contributed by atoms with van der Waals surface area (Å²) in [6.45, 7) is 7.19. The SMILES string of the molecule is CC12CCC(C=C1Br)C2(C)C. The molecule has 0 aliphatic heterocycles. The molecular weight excluding hydrogens is 200 g/mol. The molecule has 2 rings (SSSR count). The van der Waals surface area contributed by atoms with Gasteiger partial charge in [0.15, 0.2) is 0 Å². The Morgan fingerprint density at radius 3 is 2.27 bits per heavy atom. The van der Waals surface area contributed by atoms with E-state index in [2.05, 4.69) is 42.8 Å². The van der Waals surface area contributed by atoms with Crippen LogP contribution < -0.4 is 0 Å². The largest absolute Gasteiger partial charge is 0.0701 e. The molecule has 1 heteroatoms. The molecule has 0 aromatic heterocycles. The first-order valence-corrected chi connectivity index (χ1v) is 5.15. The summed E-state index contributed by atoms with van der Waals surface area (Å²) in [7, 11) is 0. The molecule has 0 aromatic rings. The summed E-state index contributed by atoms with van der Waals surface area (Å²) in [4.78, 5) is 0. The first-order valence-electron chi connectivity index (χ1n) is 4.36. The molecule has 0 aromatic carbocycles. The van der Waals surface area contributed by atoms with Gasteiger partial charge in [0, 0.05) is 5.41 Å². The summed E-state index contributed by atoms with van der Waals surface area (Å²) in [6.07, 6.45) is 5.17. The van der Waals surface area contributed by atoms with E-state index in [1.54, 1.807) is 0 Å². The van der Waals surface area contributed by atoms with Gasteiger partial charge in [-0.15, -0.1) is 0 Å². The summed E-state index contributed by atoms with van der Waals surface area (Å²) in [6, 6.07) is 0. The van der Waals surface area contributed by atoms with E-state index in [1.807, 2.05) is 0 Å². The maximum absolute atomic E-state index is 3.69. The standard InChI is InChI=1S/C10H15Br/c1-9(2)7-4-5-10(9,3)8(11)6-7/h6-7H,4-5H2,1-3H3. The van der Waals surface area contributed by atoms with Crippen LogP contribution in [-0.2, 0) is 0 Å². The average molecular weight is 215 g/mol. The Labute approximate surface area is 77.2 Å². The van der Waals surface area contributed by atoms with Crippen molar-refractivity contribution in [3.8, 4) is 0 Å². The van der Waals surface area contributed by atoms with Crippen LogP contribution in [-0.4, -0.2) is 0 Å². The highest BCUT2D eigenvalue weighted by Gasteiger charge is 2.56. The van der Waals surface area contributed by atoms with E-state index in [1.165, 1.54) is 17.3 Å². The Kier molecular flexibility index (Phi) is 1.38. The minimum absolute atomic E-state index is 0.442. The van der Waals surface area contributed by atoms with Crippen molar-refractivity contribution in [2.24, 2.45) is 16.7 Å². The minimum Gasteiger partial charge on any atom is -0.0701 e. The number of rotatable bonds is 0. The van der Waals surface area contributed by atoms with Gasteiger partial charge in [-0.05, 0) is 28.7 Å². The molecule has 0 amide bonds. The first kappa shape index (κ1) is 7.85. The molecule has 0 spiro atoms. The van der Waals surface area contributed by atoms with Crippen molar-refractivity contribution >= 4 is 15.9 Å². The predicted molar refractivity (Wildman–Crippen MR) is 51.6 cm³/mol. The van der Waals surface area contributed by atoms with Gasteiger partial charge in [-0.3, -0.25) is 0 Å². The quantitative estimate of drug-likeness (QED) is 0.577. The van der Waals surface area contributed by atoms with Crippen molar-refractivity contribution in [2.75, 3.05) is 0 Å². The number of hydrogen-bond acceptors (Lipinski definition) is 0. The molecule has 2 unspecified atom stereocenters. The van der Waals surface area contributed by atoms with E-state index in [0.717, 1.165) is 5.92 Å². The molecule has 0 radical (unpaired) electrons. The molecule has 2 bridgehead atoms. The molecule has 1 fully saturated rings. The second kappa shape index (κ2) is 1.93. The van der Waals surface area contributed by atoms with Gasteiger partial charge in [-0.1, -0.05) is 42.8 Å². The Morgan fingerprint density at radius 1 is 1.45 bits per heavy atom. The summed E-state index contributed by atoms with van der Waals surface area (Å²) in [5, 5.41) is 0. The lowest BCUT2D eigenvalue weighted by Crippen LogP contribution is -2.28. The van der Waals surface area contributed by atoms with Crippen LogP contribution in [0.1, 0.15) is 33.6 Å². The summed E-state index contributed by atoms with van der Waals surface area (Å²) in [5.74, 6) is 0.821. The van der Waals surface area contributed by atoms with Crippen LogP contribution in [0.25, 0.3) is 0 Å². The van der Waals surface area contributed by atoms with Gasteiger partial charge in [-0.2, -0.15) is 0 Å². The highest BCUT2D eigenvalue weighted by Crippen LogP contribution is 2.66. The lowest BCUT2D eigenvalue weighted by molar-refractivity contribution is 0.179. The molecule has 11 heavy (non-hydrogen) atoms. The third kappa shape index (κ3) is 0.708. The highest BCUT2D eigenvalue weighted by atomic mass is 79.9. The fourth-order valence-electron chi connectivity index (χ4n) is 2.62. The summed E-state index contributed by atoms with van der Waals surface area (Å²) < 4.78 is 1.45. The predicted octanol–water partition coefficient (Wildman–Crippen LogP) is 3.72. The smallest absolute Gasteiger partial charge is 0.00446 e. The van der Waals surface area contributed by atoms with Crippen LogP contribution in [0.5, 0.6) is 0 Å². The van der Waals surface area contributed by atoms with E-state index in [0.29, 0.717) is 10.8 Å². The zero-order chi connectivity index (χ0) is 8.28. The van der Waals surface area contributed by atoms with Crippen LogP contribution in [0.2, 0.25) is 0 Å². The summed E-state index contributed by atoms with van der Waals surface area (Å²) >= 11 is 3.69. The van der Waals surface area contributed by atoms with E-state index in [4.69, 9.17) is 0 Å². The molecule has 0 saturated heterocycles. The summed E-state index contributed by atoms with van der Waals surface area (Å²) in [5.41, 5.74) is 0.934. The molecular formula is C10H15Br. The number of allylic oxidation sites excluding steroid dienone is 2. The van der Waals surface area contributed by atoms with Gasteiger partial charge in [0.25, 0.3) is 0 Å². The van der Waals surface area contributed by atoms with Crippen LogP contribution >= 0.6 is 15.9 Å². The lowest BCUT2D eigenvalue weighted by Gasteiger charge is -2.35. The molecule has 2 aliphatic carbocycles. The normalized spacial score (nSPS) is 46.2. The zero-order valence-electron chi connectivity index (χ0n) is 7.45.